The van der Waals surface area contributed by atoms with Gasteiger partial charge in [0.25, 0.3) is 0 Å². The van der Waals surface area contributed by atoms with Crippen LogP contribution >= 0.6 is 0 Å². The van der Waals surface area contributed by atoms with Gasteiger partial charge in [0.05, 0.1) is 5.92 Å². The van der Waals surface area contributed by atoms with Crippen LogP contribution in [-0.4, -0.2) is 11.7 Å². The molecule has 2 nitrogen and oxygen atoms in total. The Morgan fingerprint density at radius 1 is 0.952 bits per heavy atom. The monoisotopic (exact) mass is 280 g/mol. The SMILES string of the molecule is CC1[O+]([O-])C1(C)[C@H]1CC1(c1ccccc1)c1ccccc1. The van der Waals surface area contributed by atoms with E-state index in [0.29, 0.717) is 5.92 Å². The topological polar surface area (TPSA) is 25.8 Å². The van der Waals surface area contributed by atoms with Crippen molar-refractivity contribution in [1.82, 2.24) is 0 Å². The smallest absolute Gasteiger partial charge is 0.245 e. The maximum atomic E-state index is 12.0. The summed E-state index contributed by atoms with van der Waals surface area (Å²) in [5.41, 5.74) is 2.37. The van der Waals surface area contributed by atoms with E-state index in [-0.39, 0.29) is 17.1 Å². The number of rotatable bonds is 3. The van der Waals surface area contributed by atoms with Gasteiger partial charge in [-0.3, -0.25) is 0 Å². The van der Waals surface area contributed by atoms with Crippen molar-refractivity contribution in [2.24, 2.45) is 5.92 Å². The van der Waals surface area contributed by atoms with Gasteiger partial charge in [-0.1, -0.05) is 60.7 Å². The van der Waals surface area contributed by atoms with Gasteiger partial charge in [-0.05, 0) is 17.5 Å². The second-order valence-corrected chi connectivity index (χ2v) is 6.58. The minimum atomic E-state index is -0.286. The Balaban J connectivity index is 1.81. The molecule has 0 amide bonds. The summed E-state index contributed by atoms with van der Waals surface area (Å²) in [5, 5.41) is 12.0. The summed E-state index contributed by atoms with van der Waals surface area (Å²) in [6.45, 7) is 4.10. The maximum absolute atomic E-state index is 12.0. The molecule has 1 saturated heterocycles. The molecule has 4 rings (SSSR count). The fourth-order valence-corrected chi connectivity index (χ4v) is 4.14. The normalized spacial score (nSPS) is 33.7. The first kappa shape index (κ1) is 13.1. The first-order valence-corrected chi connectivity index (χ1v) is 7.63. The molecule has 1 heterocycles. The summed E-state index contributed by atoms with van der Waals surface area (Å²) in [6, 6.07) is 21.3. The average molecular weight is 280 g/mol. The third-order valence-corrected chi connectivity index (χ3v) is 5.74. The van der Waals surface area contributed by atoms with Crippen LogP contribution in [0, 0.1) is 5.92 Å². The molecule has 0 N–H and O–H groups in total. The second-order valence-electron chi connectivity index (χ2n) is 6.58. The molecule has 21 heavy (non-hydrogen) atoms. The van der Waals surface area contributed by atoms with Crippen molar-refractivity contribution >= 4 is 0 Å². The summed E-state index contributed by atoms with van der Waals surface area (Å²) in [7, 11) is 0. The minimum Gasteiger partial charge on any atom is -0.533 e. The van der Waals surface area contributed by atoms with Gasteiger partial charge in [0, 0.05) is 19.3 Å². The van der Waals surface area contributed by atoms with Crippen LogP contribution in [0.1, 0.15) is 31.4 Å². The zero-order chi connectivity index (χ0) is 14.7. The highest BCUT2D eigenvalue weighted by Gasteiger charge is 2.79. The lowest BCUT2D eigenvalue weighted by Gasteiger charge is -2.20. The molecule has 2 unspecified atom stereocenters. The van der Waals surface area contributed by atoms with Crippen LogP contribution in [0.3, 0.4) is 0 Å². The Morgan fingerprint density at radius 3 is 1.76 bits per heavy atom. The molecule has 1 aliphatic carbocycles. The predicted molar refractivity (Wildman–Crippen MR) is 80.7 cm³/mol. The van der Waals surface area contributed by atoms with Crippen LogP contribution in [0.15, 0.2) is 60.7 Å². The highest BCUT2D eigenvalue weighted by atomic mass is 17.3. The van der Waals surface area contributed by atoms with E-state index in [2.05, 4.69) is 72.1 Å². The van der Waals surface area contributed by atoms with Gasteiger partial charge in [-0.2, -0.15) is 0 Å². The van der Waals surface area contributed by atoms with Crippen molar-refractivity contribution in [3.8, 4) is 0 Å². The highest BCUT2D eigenvalue weighted by Crippen LogP contribution is 2.69. The number of hydrogen-bond acceptors (Lipinski definition) is 1. The lowest BCUT2D eigenvalue weighted by Crippen LogP contribution is -2.26. The molecule has 3 atom stereocenters. The van der Waals surface area contributed by atoms with Crippen molar-refractivity contribution in [2.75, 3.05) is 0 Å². The van der Waals surface area contributed by atoms with Crippen LogP contribution in [0.2, 0.25) is 0 Å². The van der Waals surface area contributed by atoms with Gasteiger partial charge >= 0.3 is 0 Å². The summed E-state index contributed by atoms with van der Waals surface area (Å²) < 4.78 is 2.12. The van der Waals surface area contributed by atoms with Crippen molar-refractivity contribution in [1.29, 1.82) is 0 Å². The zero-order valence-electron chi connectivity index (χ0n) is 12.5. The summed E-state index contributed by atoms with van der Waals surface area (Å²) in [4.78, 5) is 0. The fourth-order valence-electron chi connectivity index (χ4n) is 4.14. The summed E-state index contributed by atoms with van der Waals surface area (Å²) >= 11 is 0. The summed E-state index contributed by atoms with van der Waals surface area (Å²) in [5.74, 6) is 0.368. The molecule has 0 spiro atoms. The predicted octanol–water partition coefficient (Wildman–Crippen LogP) is 2.98. The maximum Gasteiger partial charge on any atom is 0.245 e. The van der Waals surface area contributed by atoms with E-state index < -0.39 is 0 Å². The molecule has 2 heteroatoms. The molecular formula is C19H20O2. The van der Waals surface area contributed by atoms with E-state index in [1.165, 1.54) is 11.1 Å². The van der Waals surface area contributed by atoms with Gasteiger partial charge < -0.3 is 9.78 Å². The molecule has 2 aromatic rings. The Hall–Kier alpha value is -1.64. The van der Waals surface area contributed by atoms with E-state index in [9.17, 15) is 5.26 Å². The highest BCUT2D eigenvalue weighted by molar-refractivity contribution is 5.49. The van der Waals surface area contributed by atoms with Crippen LogP contribution in [0.25, 0.3) is 0 Å². The number of epoxide rings is 1. The molecule has 1 saturated carbocycles. The van der Waals surface area contributed by atoms with Gasteiger partial charge in [-0.25, -0.2) is 0 Å². The molecule has 2 aromatic carbocycles. The third kappa shape index (κ3) is 1.60. The number of benzene rings is 2. The van der Waals surface area contributed by atoms with E-state index in [1.807, 2.05) is 6.92 Å². The van der Waals surface area contributed by atoms with Gasteiger partial charge in [0.1, 0.15) is 0 Å². The lowest BCUT2D eigenvalue weighted by molar-refractivity contribution is -0.750. The van der Waals surface area contributed by atoms with E-state index in [0.717, 1.165) is 6.42 Å². The van der Waals surface area contributed by atoms with Crippen molar-refractivity contribution in [3.63, 3.8) is 0 Å². The van der Waals surface area contributed by atoms with Crippen LogP contribution in [0.4, 0.5) is 0 Å². The minimum absolute atomic E-state index is 0.00229. The Bertz CT molecular complexity index is 602. The standard InChI is InChI=1S/C19H20O2/c1-14-18(2,21(14)20)17-13-19(17,15-9-5-3-6-10-15)16-11-7-4-8-12-16/h3-12,14,17H,13H2,1-2H3/t14?,17-,18?/m1/s1. The van der Waals surface area contributed by atoms with Crippen LogP contribution < -0.4 is 5.26 Å². The Labute approximate surface area is 125 Å². The quantitative estimate of drug-likeness (QED) is 0.482. The molecule has 1 aliphatic heterocycles. The zero-order valence-corrected chi connectivity index (χ0v) is 12.5. The van der Waals surface area contributed by atoms with Crippen molar-refractivity contribution < 1.29 is 9.78 Å². The Morgan fingerprint density at radius 2 is 1.38 bits per heavy atom. The number of hydrogen-bond donors (Lipinski definition) is 0. The lowest BCUT2D eigenvalue weighted by atomic mass is 9.82. The van der Waals surface area contributed by atoms with Gasteiger partial charge in [0.15, 0.2) is 0 Å². The average Bonchev–Trinajstić information content (AvgIpc) is 3.42. The van der Waals surface area contributed by atoms with Gasteiger partial charge in [0.2, 0.25) is 11.7 Å². The van der Waals surface area contributed by atoms with E-state index in [1.54, 1.807) is 0 Å². The fraction of sp³-hybridized carbons (Fsp3) is 0.368. The van der Waals surface area contributed by atoms with E-state index >= 15 is 0 Å². The molecule has 0 aromatic heterocycles. The molecular weight excluding hydrogens is 260 g/mol. The molecule has 2 fully saturated rings. The molecule has 108 valence electrons. The van der Waals surface area contributed by atoms with Crippen molar-refractivity contribution in [3.05, 3.63) is 71.8 Å². The molecule has 2 aliphatic rings. The first-order chi connectivity index (χ1) is 10.1. The van der Waals surface area contributed by atoms with Crippen LogP contribution in [0.5, 0.6) is 0 Å². The van der Waals surface area contributed by atoms with Crippen LogP contribution in [-0.2, 0) is 9.93 Å². The third-order valence-electron chi connectivity index (χ3n) is 5.74. The molecule has 0 radical (unpaired) electrons. The largest absolute Gasteiger partial charge is 0.533 e. The Kier molecular flexibility index (Phi) is 2.60. The molecule has 0 bridgehead atoms. The summed E-state index contributed by atoms with van der Waals surface area (Å²) in [6.07, 6.45) is 1.10. The van der Waals surface area contributed by atoms with Crippen molar-refractivity contribution in [2.45, 2.75) is 37.4 Å². The second kappa shape index (κ2) is 4.19. The van der Waals surface area contributed by atoms with E-state index in [4.69, 9.17) is 0 Å². The van der Waals surface area contributed by atoms with Gasteiger partial charge in [-0.15, -0.1) is 0 Å². The first-order valence-electron chi connectivity index (χ1n) is 7.63.